The van der Waals surface area contributed by atoms with Gasteiger partial charge in [0.1, 0.15) is 5.56 Å². The first-order chi connectivity index (χ1) is 17.0. The molecule has 0 amide bonds. The van der Waals surface area contributed by atoms with Gasteiger partial charge >= 0.3 is 5.69 Å². The summed E-state index contributed by atoms with van der Waals surface area (Å²) in [5.74, 6) is -0.610. The number of rotatable bonds is 6. The highest BCUT2D eigenvalue weighted by Gasteiger charge is 2.17. The zero-order valence-corrected chi connectivity index (χ0v) is 20.4. The lowest BCUT2D eigenvalue weighted by molar-refractivity contribution is 0.430. The summed E-state index contributed by atoms with van der Waals surface area (Å²) in [7, 11) is -3.95. The van der Waals surface area contributed by atoms with Crippen LogP contribution in [0.2, 0.25) is 0 Å². The average Bonchev–Trinajstić information content (AvgIpc) is 2.79. The molecule has 0 fully saturated rings. The van der Waals surface area contributed by atoms with Crippen LogP contribution in [-0.2, 0) is 10.0 Å². The molecule has 0 aliphatic carbocycles. The van der Waals surface area contributed by atoms with Crippen LogP contribution < -0.4 is 16.0 Å². The topological polar surface area (TPSA) is 159 Å². The summed E-state index contributed by atoms with van der Waals surface area (Å²) in [4.78, 5) is 39.0. The van der Waals surface area contributed by atoms with Crippen molar-refractivity contribution in [2.75, 3.05) is 4.72 Å². The number of aryl methyl sites for hydroxylation is 3. The van der Waals surface area contributed by atoms with Gasteiger partial charge in [-0.05, 0) is 63.2 Å². The van der Waals surface area contributed by atoms with Crippen molar-refractivity contribution >= 4 is 27.9 Å². The summed E-state index contributed by atoms with van der Waals surface area (Å²) < 4.78 is 28.7. The molecule has 0 saturated carbocycles. The molecule has 36 heavy (non-hydrogen) atoms. The number of nitrogens with zero attached hydrogens (tertiary/aromatic N) is 4. The van der Waals surface area contributed by atoms with Crippen LogP contribution in [0.25, 0.3) is 5.69 Å². The molecule has 0 aliphatic heterocycles. The number of aromatic nitrogens is 4. The molecule has 4 aromatic rings. The van der Waals surface area contributed by atoms with E-state index in [1.165, 1.54) is 24.3 Å². The average molecular weight is 507 g/mol. The summed E-state index contributed by atoms with van der Waals surface area (Å²) in [6, 6.07) is 14.0. The van der Waals surface area contributed by atoms with Gasteiger partial charge < -0.3 is 5.11 Å². The second-order valence-electron chi connectivity index (χ2n) is 8.00. The summed E-state index contributed by atoms with van der Waals surface area (Å²) in [6.45, 7) is 5.34. The van der Waals surface area contributed by atoms with E-state index in [0.717, 1.165) is 16.3 Å². The van der Waals surface area contributed by atoms with Gasteiger partial charge in [0.25, 0.3) is 15.6 Å². The molecule has 0 saturated heterocycles. The van der Waals surface area contributed by atoms with E-state index in [0.29, 0.717) is 22.8 Å². The Morgan fingerprint density at radius 3 is 2.19 bits per heavy atom. The standard InChI is InChI=1S/C24H22N6O5S/c1-14-4-8-18(9-5-14)30-22(32)20(21(31)28-24(30)33)13-25-17-6-10-19(11-7-17)36(34,35)29-23-26-15(2)12-16(3)27-23/h4-13,32H,1-3H3,(H,26,27,29)(H,28,31,33). The number of aliphatic imine (C=N–C) groups is 1. The number of nitrogens with one attached hydrogen (secondary N) is 2. The highest BCUT2D eigenvalue weighted by atomic mass is 32.2. The van der Waals surface area contributed by atoms with Gasteiger partial charge in [0, 0.05) is 17.6 Å². The van der Waals surface area contributed by atoms with Gasteiger partial charge in [-0.3, -0.25) is 14.8 Å². The van der Waals surface area contributed by atoms with E-state index in [1.807, 2.05) is 6.92 Å². The molecule has 0 aliphatic rings. The van der Waals surface area contributed by atoms with Gasteiger partial charge in [0.15, 0.2) is 0 Å². The van der Waals surface area contributed by atoms with Crippen LogP contribution in [0.5, 0.6) is 5.88 Å². The van der Waals surface area contributed by atoms with Crippen LogP contribution >= 0.6 is 0 Å². The Hall–Kier alpha value is -4.58. The summed E-state index contributed by atoms with van der Waals surface area (Å²) in [5, 5.41) is 10.6. The van der Waals surface area contributed by atoms with Gasteiger partial charge in [-0.15, -0.1) is 0 Å². The Labute approximate surface area is 205 Å². The molecular weight excluding hydrogens is 484 g/mol. The van der Waals surface area contributed by atoms with E-state index in [4.69, 9.17) is 0 Å². The molecular formula is C24H22N6O5S. The smallest absolute Gasteiger partial charge is 0.335 e. The quantitative estimate of drug-likeness (QED) is 0.339. The van der Waals surface area contributed by atoms with Crippen LogP contribution in [0.1, 0.15) is 22.5 Å². The Morgan fingerprint density at radius 1 is 0.972 bits per heavy atom. The zero-order valence-electron chi connectivity index (χ0n) is 19.6. The Balaban J connectivity index is 1.61. The minimum absolute atomic E-state index is 0.0343. The third-order valence-corrected chi connectivity index (χ3v) is 6.45. The molecule has 11 nitrogen and oxygen atoms in total. The maximum atomic E-state index is 12.7. The third-order valence-electron chi connectivity index (χ3n) is 5.11. The number of benzene rings is 2. The van der Waals surface area contributed by atoms with Gasteiger partial charge in [0.2, 0.25) is 11.8 Å². The number of hydrogen-bond donors (Lipinski definition) is 3. The van der Waals surface area contributed by atoms with Gasteiger partial charge in [-0.1, -0.05) is 17.7 Å². The van der Waals surface area contributed by atoms with Crippen molar-refractivity contribution in [2.24, 2.45) is 4.99 Å². The van der Waals surface area contributed by atoms with Crippen molar-refractivity contribution in [3.05, 3.63) is 98.0 Å². The van der Waals surface area contributed by atoms with Crippen molar-refractivity contribution in [3.8, 4) is 11.6 Å². The second-order valence-corrected chi connectivity index (χ2v) is 9.68. The maximum absolute atomic E-state index is 12.7. The second kappa shape index (κ2) is 9.58. The molecule has 0 unspecified atom stereocenters. The first-order valence-electron chi connectivity index (χ1n) is 10.7. The molecule has 2 heterocycles. The fourth-order valence-corrected chi connectivity index (χ4v) is 4.33. The first kappa shape index (κ1) is 24.5. The normalized spacial score (nSPS) is 11.6. The van der Waals surface area contributed by atoms with Crippen molar-refractivity contribution in [3.63, 3.8) is 0 Å². The van der Waals surface area contributed by atoms with Crippen molar-refractivity contribution in [1.82, 2.24) is 19.5 Å². The summed E-state index contributed by atoms with van der Waals surface area (Å²) >= 11 is 0. The predicted octanol–water partition coefficient (Wildman–Crippen LogP) is 2.50. The molecule has 184 valence electrons. The van der Waals surface area contributed by atoms with Crippen LogP contribution in [0, 0.1) is 20.8 Å². The SMILES string of the molecule is Cc1ccc(-n2c(O)c(C=Nc3ccc(S(=O)(=O)Nc4nc(C)cc(C)n4)cc3)c(=O)[nH]c2=O)cc1. The lowest BCUT2D eigenvalue weighted by atomic mass is 10.2. The Morgan fingerprint density at radius 2 is 1.58 bits per heavy atom. The fourth-order valence-electron chi connectivity index (χ4n) is 3.39. The molecule has 4 rings (SSSR count). The van der Waals surface area contributed by atoms with Crippen molar-refractivity contribution < 1.29 is 13.5 Å². The Kier molecular flexibility index (Phi) is 6.53. The van der Waals surface area contributed by atoms with E-state index >= 15 is 0 Å². The molecule has 0 radical (unpaired) electrons. The maximum Gasteiger partial charge on any atom is 0.335 e. The number of aromatic amines is 1. The van der Waals surface area contributed by atoms with Gasteiger partial charge in [-0.25, -0.2) is 32.5 Å². The molecule has 0 atom stereocenters. The zero-order chi connectivity index (χ0) is 26.0. The Bertz CT molecular complexity index is 1670. The highest BCUT2D eigenvalue weighted by molar-refractivity contribution is 7.92. The number of hydrogen-bond acceptors (Lipinski definition) is 8. The fraction of sp³-hybridized carbons (Fsp3) is 0.125. The molecule has 3 N–H and O–H groups in total. The van der Waals surface area contributed by atoms with Crippen molar-refractivity contribution in [2.45, 2.75) is 25.7 Å². The highest BCUT2D eigenvalue weighted by Crippen LogP contribution is 2.20. The minimum atomic E-state index is -3.95. The predicted molar refractivity (Wildman–Crippen MR) is 135 cm³/mol. The summed E-state index contributed by atoms with van der Waals surface area (Å²) in [6.07, 6.45) is 1.10. The van der Waals surface area contributed by atoms with Crippen LogP contribution in [0.3, 0.4) is 0 Å². The van der Waals surface area contributed by atoms with Crippen LogP contribution in [-0.4, -0.2) is 39.3 Å². The lowest BCUT2D eigenvalue weighted by Gasteiger charge is -2.10. The lowest BCUT2D eigenvalue weighted by Crippen LogP contribution is -2.31. The number of anilines is 1. The minimum Gasteiger partial charge on any atom is -0.493 e. The van der Waals surface area contributed by atoms with Crippen LogP contribution in [0.15, 0.2) is 74.1 Å². The third kappa shape index (κ3) is 5.23. The largest absolute Gasteiger partial charge is 0.493 e. The van der Waals surface area contributed by atoms with E-state index in [1.54, 1.807) is 44.2 Å². The molecule has 2 aromatic carbocycles. The number of sulfonamides is 1. The summed E-state index contributed by atoms with van der Waals surface area (Å²) in [5.41, 5.74) is 1.02. The van der Waals surface area contributed by atoms with Gasteiger partial charge in [-0.2, -0.15) is 0 Å². The van der Waals surface area contributed by atoms with E-state index < -0.39 is 27.2 Å². The molecule has 2 aromatic heterocycles. The van der Waals surface area contributed by atoms with E-state index in [-0.39, 0.29) is 16.4 Å². The number of H-pyrrole nitrogens is 1. The monoisotopic (exact) mass is 506 g/mol. The van der Waals surface area contributed by atoms with Crippen LogP contribution in [0.4, 0.5) is 11.6 Å². The first-order valence-corrected chi connectivity index (χ1v) is 12.2. The molecule has 0 bridgehead atoms. The van der Waals surface area contributed by atoms with E-state index in [2.05, 4.69) is 24.7 Å². The molecule has 12 heteroatoms. The van der Waals surface area contributed by atoms with Crippen molar-refractivity contribution in [1.29, 1.82) is 0 Å². The van der Waals surface area contributed by atoms with Gasteiger partial charge in [0.05, 0.1) is 16.3 Å². The van der Waals surface area contributed by atoms with E-state index in [9.17, 15) is 23.1 Å². The molecule has 0 spiro atoms. The number of aromatic hydroxyl groups is 1.